The number of alkyl halides is 3. The predicted octanol–water partition coefficient (Wildman–Crippen LogP) is 4.18. The van der Waals surface area contributed by atoms with Crippen LogP contribution in [-0.2, 0) is 16.2 Å². The molecule has 0 amide bonds. The van der Waals surface area contributed by atoms with Gasteiger partial charge in [0, 0.05) is 26.2 Å². The number of aryl methyl sites for hydroxylation is 1. The van der Waals surface area contributed by atoms with Crippen LogP contribution in [-0.4, -0.2) is 38.9 Å². The third-order valence-electron chi connectivity index (χ3n) is 4.45. The fraction of sp³-hybridized carbons (Fsp3) is 0.333. The van der Waals surface area contributed by atoms with Crippen LogP contribution in [0.2, 0.25) is 5.02 Å². The third-order valence-corrected chi connectivity index (χ3v) is 6.64. The van der Waals surface area contributed by atoms with E-state index in [9.17, 15) is 21.6 Å². The van der Waals surface area contributed by atoms with Crippen molar-refractivity contribution in [1.29, 1.82) is 0 Å². The number of hydrogen-bond acceptors (Lipinski definition) is 3. The van der Waals surface area contributed by atoms with E-state index in [0.29, 0.717) is 24.2 Å². The first kappa shape index (κ1) is 20.0. The highest BCUT2D eigenvalue weighted by Crippen LogP contribution is 2.33. The Morgan fingerprint density at radius 1 is 1.00 bits per heavy atom. The van der Waals surface area contributed by atoms with E-state index < -0.39 is 21.8 Å². The van der Waals surface area contributed by atoms with E-state index in [-0.39, 0.29) is 23.5 Å². The van der Waals surface area contributed by atoms with Crippen molar-refractivity contribution in [2.45, 2.75) is 18.0 Å². The normalized spacial score (nSPS) is 16.6. The Labute approximate surface area is 161 Å². The molecule has 0 bridgehead atoms. The van der Waals surface area contributed by atoms with Gasteiger partial charge in [-0.2, -0.15) is 17.5 Å². The summed E-state index contributed by atoms with van der Waals surface area (Å²) in [7, 11) is -4.01. The average Bonchev–Trinajstić information content (AvgIpc) is 2.61. The molecule has 1 aliphatic heterocycles. The maximum atomic E-state index is 13.0. The Hall–Kier alpha value is -1.77. The second-order valence-electron chi connectivity index (χ2n) is 6.38. The summed E-state index contributed by atoms with van der Waals surface area (Å²) in [5, 5.41) is 0.572. The lowest BCUT2D eigenvalue weighted by Gasteiger charge is -2.35. The topological polar surface area (TPSA) is 40.6 Å². The molecule has 0 saturated carbocycles. The lowest BCUT2D eigenvalue weighted by molar-refractivity contribution is -0.137. The number of anilines is 1. The Bertz CT molecular complexity index is 940. The lowest BCUT2D eigenvalue weighted by Crippen LogP contribution is -2.48. The molecule has 0 atom stereocenters. The lowest BCUT2D eigenvalue weighted by atomic mass is 10.1. The van der Waals surface area contributed by atoms with Crippen molar-refractivity contribution in [2.24, 2.45) is 0 Å². The number of hydrogen-bond donors (Lipinski definition) is 0. The molecule has 2 aromatic carbocycles. The highest BCUT2D eigenvalue weighted by atomic mass is 35.5. The van der Waals surface area contributed by atoms with E-state index in [1.807, 2.05) is 23.1 Å². The van der Waals surface area contributed by atoms with Gasteiger partial charge in [-0.15, -0.1) is 0 Å². The molecule has 146 valence electrons. The molecule has 1 fully saturated rings. The zero-order chi connectivity index (χ0) is 19.8. The molecular formula is C18H18ClF3N2O2S. The van der Waals surface area contributed by atoms with Gasteiger partial charge in [0.1, 0.15) is 0 Å². The van der Waals surface area contributed by atoms with Crippen molar-refractivity contribution < 1.29 is 21.6 Å². The van der Waals surface area contributed by atoms with Gasteiger partial charge in [0.05, 0.1) is 21.2 Å². The summed E-state index contributed by atoms with van der Waals surface area (Å²) in [6.45, 7) is 2.59. The summed E-state index contributed by atoms with van der Waals surface area (Å²) in [5.74, 6) is 0. The summed E-state index contributed by atoms with van der Waals surface area (Å²) < 4.78 is 66.0. The second-order valence-corrected chi connectivity index (χ2v) is 8.72. The van der Waals surface area contributed by atoms with Gasteiger partial charge in [-0.1, -0.05) is 23.7 Å². The van der Waals surface area contributed by atoms with Crippen LogP contribution in [0.25, 0.3) is 0 Å². The zero-order valence-electron chi connectivity index (χ0n) is 14.5. The first-order valence-corrected chi connectivity index (χ1v) is 10.1. The van der Waals surface area contributed by atoms with Crippen LogP contribution in [0.4, 0.5) is 18.9 Å². The summed E-state index contributed by atoms with van der Waals surface area (Å²) >= 11 is 6.18. The van der Waals surface area contributed by atoms with E-state index in [2.05, 4.69) is 0 Å². The largest absolute Gasteiger partial charge is 0.416 e. The molecule has 1 heterocycles. The quantitative estimate of drug-likeness (QED) is 0.750. The number of rotatable bonds is 3. The van der Waals surface area contributed by atoms with Gasteiger partial charge in [-0.05, 0) is 42.8 Å². The molecule has 3 rings (SSSR count). The Morgan fingerprint density at radius 2 is 1.63 bits per heavy atom. The molecule has 2 aromatic rings. The first-order valence-electron chi connectivity index (χ1n) is 8.27. The van der Waals surface area contributed by atoms with E-state index in [4.69, 9.17) is 11.6 Å². The van der Waals surface area contributed by atoms with Crippen molar-refractivity contribution in [3.8, 4) is 0 Å². The van der Waals surface area contributed by atoms with Crippen LogP contribution in [0.1, 0.15) is 11.1 Å². The second kappa shape index (κ2) is 7.33. The van der Waals surface area contributed by atoms with Crippen LogP contribution in [0, 0.1) is 6.92 Å². The SMILES string of the molecule is Cc1cc(C(F)(F)F)cc(S(=O)(=O)N2CCN(c3ccccc3Cl)CC2)c1. The average molecular weight is 419 g/mol. The van der Waals surface area contributed by atoms with Crippen LogP contribution < -0.4 is 4.90 Å². The molecule has 4 nitrogen and oxygen atoms in total. The van der Waals surface area contributed by atoms with Crippen LogP contribution >= 0.6 is 11.6 Å². The molecule has 0 unspecified atom stereocenters. The minimum atomic E-state index is -4.60. The third kappa shape index (κ3) is 4.23. The maximum absolute atomic E-state index is 13.0. The van der Waals surface area contributed by atoms with E-state index in [1.165, 1.54) is 17.3 Å². The monoisotopic (exact) mass is 418 g/mol. The van der Waals surface area contributed by atoms with Crippen molar-refractivity contribution in [3.63, 3.8) is 0 Å². The van der Waals surface area contributed by atoms with Crippen molar-refractivity contribution >= 4 is 27.3 Å². The van der Waals surface area contributed by atoms with Crippen molar-refractivity contribution in [1.82, 2.24) is 4.31 Å². The van der Waals surface area contributed by atoms with E-state index in [1.54, 1.807) is 6.07 Å². The summed E-state index contributed by atoms with van der Waals surface area (Å²) in [6.07, 6.45) is -4.60. The number of nitrogens with zero attached hydrogens (tertiary/aromatic N) is 2. The van der Waals surface area contributed by atoms with Gasteiger partial charge in [0.25, 0.3) is 0 Å². The van der Waals surface area contributed by atoms with Gasteiger partial charge >= 0.3 is 6.18 Å². The smallest absolute Gasteiger partial charge is 0.368 e. The number of sulfonamides is 1. The number of piperazine rings is 1. The molecule has 0 aliphatic carbocycles. The Morgan fingerprint density at radius 3 is 2.22 bits per heavy atom. The predicted molar refractivity (Wildman–Crippen MR) is 98.6 cm³/mol. The number of para-hydroxylation sites is 1. The van der Waals surface area contributed by atoms with Gasteiger partial charge < -0.3 is 4.90 Å². The van der Waals surface area contributed by atoms with Gasteiger partial charge in [-0.3, -0.25) is 0 Å². The Kier molecular flexibility index (Phi) is 5.42. The fourth-order valence-electron chi connectivity index (χ4n) is 3.09. The molecule has 0 aromatic heterocycles. The maximum Gasteiger partial charge on any atom is 0.416 e. The molecule has 0 N–H and O–H groups in total. The molecule has 27 heavy (non-hydrogen) atoms. The number of benzene rings is 2. The highest BCUT2D eigenvalue weighted by molar-refractivity contribution is 7.89. The first-order chi connectivity index (χ1) is 12.6. The highest BCUT2D eigenvalue weighted by Gasteiger charge is 2.34. The van der Waals surface area contributed by atoms with Crippen molar-refractivity contribution in [2.75, 3.05) is 31.1 Å². The minimum Gasteiger partial charge on any atom is -0.368 e. The van der Waals surface area contributed by atoms with E-state index in [0.717, 1.165) is 11.8 Å². The van der Waals surface area contributed by atoms with Crippen LogP contribution in [0.3, 0.4) is 0 Å². The standard InChI is InChI=1S/C18H18ClF3N2O2S/c1-13-10-14(18(20,21)22)12-15(11-13)27(25,26)24-8-6-23(7-9-24)17-5-3-2-4-16(17)19/h2-5,10-12H,6-9H2,1H3. The molecule has 0 radical (unpaired) electrons. The minimum absolute atomic E-state index is 0.169. The van der Waals surface area contributed by atoms with Gasteiger partial charge in [0.2, 0.25) is 10.0 Å². The number of halogens is 4. The summed E-state index contributed by atoms with van der Waals surface area (Å²) in [6, 6.07) is 10.2. The van der Waals surface area contributed by atoms with E-state index >= 15 is 0 Å². The van der Waals surface area contributed by atoms with Gasteiger partial charge in [-0.25, -0.2) is 8.42 Å². The van der Waals surface area contributed by atoms with Gasteiger partial charge in [0.15, 0.2) is 0 Å². The molecular weight excluding hydrogens is 401 g/mol. The summed E-state index contributed by atoms with van der Waals surface area (Å²) in [5.41, 5.74) is 0.0972. The molecule has 1 saturated heterocycles. The zero-order valence-corrected chi connectivity index (χ0v) is 16.1. The van der Waals surface area contributed by atoms with Crippen molar-refractivity contribution in [3.05, 3.63) is 58.6 Å². The molecule has 9 heteroatoms. The molecule has 1 aliphatic rings. The summed E-state index contributed by atoms with van der Waals surface area (Å²) in [4.78, 5) is 1.63. The Balaban J connectivity index is 1.82. The fourth-order valence-corrected chi connectivity index (χ4v) is 4.90. The van der Waals surface area contributed by atoms with Crippen LogP contribution in [0.5, 0.6) is 0 Å². The molecule has 0 spiro atoms. The van der Waals surface area contributed by atoms with Crippen LogP contribution in [0.15, 0.2) is 47.4 Å².